The SMILES string of the molecule is CCOc1ccccc1CNC(=O)c1c(N2CCCC2=O)c2cc(F)ccc2n1CC. The summed E-state index contributed by atoms with van der Waals surface area (Å²) in [7, 11) is 0. The average molecular weight is 423 g/mol. The number of carbonyl (C=O) groups excluding carboxylic acids is 2. The summed E-state index contributed by atoms with van der Waals surface area (Å²) in [6.07, 6.45) is 1.15. The van der Waals surface area contributed by atoms with Crippen LogP contribution < -0.4 is 15.0 Å². The minimum absolute atomic E-state index is 0.0462. The fourth-order valence-corrected chi connectivity index (χ4v) is 4.23. The summed E-state index contributed by atoms with van der Waals surface area (Å²) in [6.45, 7) is 5.69. The Bertz CT molecular complexity index is 1140. The fourth-order valence-electron chi connectivity index (χ4n) is 4.23. The van der Waals surface area contributed by atoms with Gasteiger partial charge in [0.1, 0.15) is 17.3 Å². The van der Waals surface area contributed by atoms with Crippen molar-refractivity contribution < 1.29 is 18.7 Å². The third-order valence-electron chi connectivity index (χ3n) is 5.59. The number of benzene rings is 2. The lowest BCUT2D eigenvalue weighted by Gasteiger charge is -2.18. The van der Waals surface area contributed by atoms with Gasteiger partial charge in [-0.3, -0.25) is 9.59 Å². The number of anilines is 1. The van der Waals surface area contributed by atoms with Crippen molar-refractivity contribution in [2.45, 2.75) is 39.8 Å². The monoisotopic (exact) mass is 423 g/mol. The predicted molar refractivity (Wildman–Crippen MR) is 118 cm³/mol. The van der Waals surface area contributed by atoms with E-state index >= 15 is 0 Å². The smallest absolute Gasteiger partial charge is 0.270 e. The molecule has 31 heavy (non-hydrogen) atoms. The summed E-state index contributed by atoms with van der Waals surface area (Å²) < 4.78 is 21.6. The van der Waals surface area contributed by atoms with Crippen LogP contribution in [0.2, 0.25) is 0 Å². The second-order valence-electron chi connectivity index (χ2n) is 7.48. The van der Waals surface area contributed by atoms with Crippen LogP contribution in [-0.2, 0) is 17.9 Å². The molecule has 0 bridgehead atoms. The molecule has 1 aromatic heterocycles. The number of carbonyl (C=O) groups is 2. The highest BCUT2D eigenvalue weighted by Gasteiger charge is 2.31. The van der Waals surface area contributed by atoms with Gasteiger partial charge in [0.2, 0.25) is 5.91 Å². The molecule has 1 fully saturated rings. The van der Waals surface area contributed by atoms with Crippen LogP contribution in [0.4, 0.5) is 10.1 Å². The number of nitrogens with zero attached hydrogens (tertiary/aromatic N) is 2. The molecule has 0 spiro atoms. The van der Waals surface area contributed by atoms with E-state index in [4.69, 9.17) is 4.74 Å². The maximum Gasteiger partial charge on any atom is 0.270 e. The first kappa shape index (κ1) is 20.9. The third-order valence-corrected chi connectivity index (χ3v) is 5.59. The Hall–Kier alpha value is -3.35. The van der Waals surface area contributed by atoms with E-state index in [1.54, 1.807) is 11.0 Å². The molecule has 0 aliphatic carbocycles. The number of ether oxygens (including phenoxy) is 1. The van der Waals surface area contributed by atoms with Crippen LogP contribution in [-0.4, -0.2) is 29.5 Å². The topological polar surface area (TPSA) is 63.6 Å². The highest BCUT2D eigenvalue weighted by Crippen LogP contribution is 2.37. The molecule has 0 saturated carbocycles. The second kappa shape index (κ2) is 8.79. The molecule has 0 atom stereocenters. The number of nitrogens with one attached hydrogen (secondary N) is 1. The molecule has 7 heteroatoms. The Balaban J connectivity index is 1.75. The van der Waals surface area contributed by atoms with E-state index in [2.05, 4.69) is 5.32 Å². The number of para-hydroxylation sites is 1. The molecule has 4 rings (SSSR count). The molecular formula is C24H26FN3O3. The van der Waals surface area contributed by atoms with Gasteiger partial charge in [-0.25, -0.2) is 4.39 Å². The van der Waals surface area contributed by atoms with Crippen molar-refractivity contribution in [3.63, 3.8) is 0 Å². The van der Waals surface area contributed by atoms with Crippen LogP contribution in [0.1, 0.15) is 42.7 Å². The third kappa shape index (κ3) is 3.87. The number of hydrogen-bond acceptors (Lipinski definition) is 3. The summed E-state index contributed by atoms with van der Waals surface area (Å²) in [4.78, 5) is 27.6. The highest BCUT2D eigenvalue weighted by atomic mass is 19.1. The number of rotatable bonds is 7. The van der Waals surface area contributed by atoms with Crippen molar-refractivity contribution in [2.75, 3.05) is 18.1 Å². The Morgan fingerprint density at radius 3 is 2.71 bits per heavy atom. The maximum absolute atomic E-state index is 14.1. The number of amides is 2. The van der Waals surface area contributed by atoms with E-state index in [9.17, 15) is 14.0 Å². The Morgan fingerprint density at radius 1 is 1.19 bits per heavy atom. The lowest BCUT2D eigenvalue weighted by molar-refractivity contribution is -0.117. The van der Waals surface area contributed by atoms with Crippen LogP contribution in [0.15, 0.2) is 42.5 Å². The van der Waals surface area contributed by atoms with Gasteiger partial charge in [0.05, 0.1) is 17.8 Å². The van der Waals surface area contributed by atoms with Gasteiger partial charge in [-0.2, -0.15) is 0 Å². The normalized spacial score (nSPS) is 13.8. The molecule has 1 aliphatic rings. The molecule has 162 valence electrons. The molecule has 3 aromatic rings. The number of aromatic nitrogens is 1. The van der Waals surface area contributed by atoms with E-state index < -0.39 is 5.82 Å². The quantitative estimate of drug-likeness (QED) is 0.618. The van der Waals surface area contributed by atoms with E-state index in [0.29, 0.717) is 42.9 Å². The van der Waals surface area contributed by atoms with Crippen molar-refractivity contribution in [1.29, 1.82) is 0 Å². The molecule has 1 saturated heterocycles. The van der Waals surface area contributed by atoms with Crippen LogP contribution in [0, 0.1) is 5.82 Å². The van der Waals surface area contributed by atoms with E-state index in [0.717, 1.165) is 23.3 Å². The minimum Gasteiger partial charge on any atom is -0.494 e. The van der Waals surface area contributed by atoms with Gasteiger partial charge in [0.15, 0.2) is 0 Å². The summed E-state index contributed by atoms with van der Waals surface area (Å²) in [5.41, 5.74) is 2.47. The number of halogens is 1. The van der Waals surface area contributed by atoms with E-state index in [-0.39, 0.29) is 18.4 Å². The standard InChI is InChI=1S/C24H26FN3O3/c1-3-27-19-12-11-17(25)14-18(19)22(28-13-7-10-21(28)29)23(27)24(30)26-15-16-8-5-6-9-20(16)31-4-2/h5-6,8-9,11-12,14H,3-4,7,10,13,15H2,1-2H3,(H,26,30). The van der Waals surface area contributed by atoms with Crippen LogP contribution >= 0.6 is 0 Å². The zero-order valence-corrected chi connectivity index (χ0v) is 17.8. The summed E-state index contributed by atoms with van der Waals surface area (Å²) >= 11 is 0. The Morgan fingerprint density at radius 2 is 2.00 bits per heavy atom. The van der Waals surface area contributed by atoms with Gasteiger partial charge in [0, 0.05) is 37.0 Å². The van der Waals surface area contributed by atoms with Crippen molar-refractivity contribution >= 4 is 28.4 Å². The van der Waals surface area contributed by atoms with Gasteiger partial charge < -0.3 is 19.5 Å². The zero-order valence-electron chi connectivity index (χ0n) is 17.8. The molecule has 0 radical (unpaired) electrons. The van der Waals surface area contributed by atoms with Gasteiger partial charge in [-0.1, -0.05) is 18.2 Å². The first-order chi connectivity index (χ1) is 15.0. The number of fused-ring (bicyclic) bond motifs is 1. The zero-order chi connectivity index (χ0) is 22.0. The maximum atomic E-state index is 14.1. The number of hydrogen-bond donors (Lipinski definition) is 1. The average Bonchev–Trinajstić information content (AvgIpc) is 3.32. The lowest BCUT2D eigenvalue weighted by atomic mass is 10.1. The molecule has 2 heterocycles. The van der Waals surface area contributed by atoms with Crippen molar-refractivity contribution in [3.05, 3.63) is 59.5 Å². The largest absolute Gasteiger partial charge is 0.494 e. The molecule has 1 N–H and O–H groups in total. The molecule has 0 unspecified atom stereocenters. The second-order valence-corrected chi connectivity index (χ2v) is 7.48. The predicted octanol–water partition coefficient (Wildman–Crippen LogP) is 4.26. The lowest BCUT2D eigenvalue weighted by Crippen LogP contribution is -2.30. The van der Waals surface area contributed by atoms with E-state index in [1.807, 2.05) is 42.7 Å². The molecule has 6 nitrogen and oxygen atoms in total. The van der Waals surface area contributed by atoms with Crippen LogP contribution in [0.25, 0.3) is 10.9 Å². The molecular weight excluding hydrogens is 397 g/mol. The van der Waals surface area contributed by atoms with Gasteiger partial charge in [0.25, 0.3) is 5.91 Å². The van der Waals surface area contributed by atoms with Crippen molar-refractivity contribution in [1.82, 2.24) is 9.88 Å². The van der Waals surface area contributed by atoms with Gasteiger partial charge in [-0.15, -0.1) is 0 Å². The van der Waals surface area contributed by atoms with Crippen molar-refractivity contribution in [3.8, 4) is 5.75 Å². The summed E-state index contributed by atoms with van der Waals surface area (Å²) in [6, 6.07) is 12.0. The summed E-state index contributed by atoms with van der Waals surface area (Å²) in [5.74, 6) is -0.0285. The van der Waals surface area contributed by atoms with Crippen LogP contribution in [0.3, 0.4) is 0 Å². The number of aryl methyl sites for hydroxylation is 1. The Kier molecular flexibility index (Phi) is 5.93. The molecule has 2 aromatic carbocycles. The fraction of sp³-hybridized carbons (Fsp3) is 0.333. The van der Waals surface area contributed by atoms with Gasteiger partial charge >= 0.3 is 0 Å². The highest BCUT2D eigenvalue weighted by molar-refractivity contribution is 6.14. The summed E-state index contributed by atoms with van der Waals surface area (Å²) in [5, 5.41) is 3.55. The van der Waals surface area contributed by atoms with Crippen LogP contribution in [0.5, 0.6) is 5.75 Å². The van der Waals surface area contributed by atoms with Gasteiger partial charge in [-0.05, 0) is 44.5 Å². The first-order valence-electron chi connectivity index (χ1n) is 10.7. The molecule has 2 amide bonds. The van der Waals surface area contributed by atoms with E-state index in [1.165, 1.54) is 12.1 Å². The first-order valence-corrected chi connectivity index (χ1v) is 10.7. The Labute approximate surface area is 180 Å². The molecule has 1 aliphatic heterocycles. The minimum atomic E-state index is -0.397. The van der Waals surface area contributed by atoms with Crippen molar-refractivity contribution in [2.24, 2.45) is 0 Å².